The molecule has 118 valence electrons. The van der Waals surface area contributed by atoms with Gasteiger partial charge in [0.25, 0.3) is 5.91 Å². The summed E-state index contributed by atoms with van der Waals surface area (Å²) in [6, 6.07) is 15.3. The van der Waals surface area contributed by atoms with Crippen LogP contribution in [0.5, 0.6) is 5.75 Å². The molecule has 3 rings (SSSR count). The van der Waals surface area contributed by atoms with Gasteiger partial charge < -0.3 is 14.5 Å². The molecule has 0 aliphatic heterocycles. The number of methoxy groups -OCH3 is 1. The molecule has 0 aliphatic carbocycles. The Morgan fingerprint density at radius 1 is 1.17 bits per heavy atom. The first-order chi connectivity index (χ1) is 11.1. The van der Waals surface area contributed by atoms with Crippen LogP contribution in [0.25, 0.3) is 11.0 Å². The molecule has 0 bridgehead atoms. The minimum atomic E-state index is -0.214. The smallest absolute Gasteiger partial charge is 0.287 e. The van der Waals surface area contributed by atoms with E-state index in [1.807, 2.05) is 62.4 Å². The number of benzene rings is 2. The van der Waals surface area contributed by atoms with Crippen molar-refractivity contribution in [2.75, 3.05) is 7.11 Å². The molecule has 1 amide bonds. The Bertz CT molecular complexity index is 836. The fourth-order valence-corrected chi connectivity index (χ4v) is 2.63. The quantitative estimate of drug-likeness (QED) is 0.784. The molecule has 2 aromatic carbocycles. The van der Waals surface area contributed by atoms with Gasteiger partial charge in [-0.1, -0.05) is 30.3 Å². The number of aryl methyl sites for hydroxylation is 1. The van der Waals surface area contributed by atoms with Crippen LogP contribution in [0, 0.1) is 6.92 Å². The predicted molar refractivity (Wildman–Crippen MR) is 89.8 cm³/mol. The average molecular weight is 309 g/mol. The molecule has 0 saturated carbocycles. The third kappa shape index (κ3) is 2.93. The second-order valence-electron chi connectivity index (χ2n) is 5.52. The SMILES string of the molecule is COc1ccc2oc(C(=O)NC(C)c3ccccc3)c(C)c2c1. The molecule has 0 aliphatic rings. The van der Waals surface area contributed by atoms with Crippen molar-refractivity contribution in [2.24, 2.45) is 0 Å². The summed E-state index contributed by atoms with van der Waals surface area (Å²) < 4.78 is 11.0. The van der Waals surface area contributed by atoms with E-state index in [2.05, 4.69) is 5.32 Å². The Hall–Kier alpha value is -2.75. The summed E-state index contributed by atoms with van der Waals surface area (Å²) in [6.07, 6.45) is 0. The molecule has 1 N–H and O–H groups in total. The van der Waals surface area contributed by atoms with Gasteiger partial charge in [0, 0.05) is 10.9 Å². The Morgan fingerprint density at radius 2 is 1.91 bits per heavy atom. The van der Waals surface area contributed by atoms with Crippen LogP contribution < -0.4 is 10.1 Å². The number of hydrogen-bond donors (Lipinski definition) is 1. The fourth-order valence-electron chi connectivity index (χ4n) is 2.63. The van der Waals surface area contributed by atoms with Crippen LogP contribution in [0.15, 0.2) is 52.9 Å². The van der Waals surface area contributed by atoms with E-state index >= 15 is 0 Å². The van der Waals surface area contributed by atoms with Crippen molar-refractivity contribution >= 4 is 16.9 Å². The maximum absolute atomic E-state index is 12.5. The standard InChI is InChI=1S/C19H19NO3/c1-12-16-11-15(22-3)9-10-17(16)23-18(12)19(21)20-13(2)14-7-5-4-6-8-14/h4-11,13H,1-3H3,(H,20,21). The summed E-state index contributed by atoms with van der Waals surface area (Å²) in [6.45, 7) is 3.83. The number of ether oxygens (including phenoxy) is 1. The van der Waals surface area contributed by atoms with Crippen LogP contribution in [-0.2, 0) is 0 Å². The Labute approximate surface area is 135 Å². The van der Waals surface area contributed by atoms with Crippen molar-refractivity contribution in [3.63, 3.8) is 0 Å². The van der Waals surface area contributed by atoms with E-state index < -0.39 is 0 Å². The highest BCUT2D eigenvalue weighted by Crippen LogP contribution is 2.29. The predicted octanol–water partition coefficient (Wildman–Crippen LogP) is 4.24. The van der Waals surface area contributed by atoms with E-state index in [-0.39, 0.29) is 11.9 Å². The maximum atomic E-state index is 12.5. The van der Waals surface area contributed by atoms with Crippen LogP contribution in [0.3, 0.4) is 0 Å². The van der Waals surface area contributed by atoms with Gasteiger partial charge in [0.2, 0.25) is 0 Å². The zero-order chi connectivity index (χ0) is 16.4. The number of carbonyl (C=O) groups excluding carboxylic acids is 1. The molecule has 1 aromatic heterocycles. The number of fused-ring (bicyclic) bond motifs is 1. The molecule has 1 unspecified atom stereocenters. The number of carbonyl (C=O) groups is 1. The van der Waals surface area contributed by atoms with Gasteiger partial charge in [0.15, 0.2) is 5.76 Å². The first kappa shape index (κ1) is 15.2. The summed E-state index contributed by atoms with van der Waals surface area (Å²) in [7, 11) is 1.62. The van der Waals surface area contributed by atoms with Gasteiger partial charge in [-0.25, -0.2) is 0 Å². The molecule has 3 aromatic rings. The van der Waals surface area contributed by atoms with Gasteiger partial charge in [0.1, 0.15) is 11.3 Å². The largest absolute Gasteiger partial charge is 0.497 e. The molecular formula is C19H19NO3. The number of hydrogen-bond acceptors (Lipinski definition) is 3. The third-order valence-electron chi connectivity index (χ3n) is 4.00. The first-order valence-electron chi connectivity index (χ1n) is 7.53. The lowest BCUT2D eigenvalue weighted by Crippen LogP contribution is -2.26. The lowest BCUT2D eigenvalue weighted by molar-refractivity contribution is 0.0913. The summed E-state index contributed by atoms with van der Waals surface area (Å²) in [4.78, 5) is 12.5. The molecule has 1 heterocycles. The van der Waals surface area contributed by atoms with Gasteiger partial charge in [-0.05, 0) is 37.6 Å². The maximum Gasteiger partial charge on any atom is 0.287 e. The highest BCUT2D eigenvalue weighted by Gasteiger charge is 2.20. The summed E-state index contributed by atoms with van der Waals surface area (Å²) in [5.41, 5.74) is 2.55. The van der Waals surface area contributed by atoms with Gasteiger partial charge >= 0.3 is 0 Å². The molecule has 4 heteroatoms. The highest BCUT2D eigenvalue weighted by molar-refractivity contribution is 5.99. The van der Waals surface area contributed by atoms with Crippen LogP contribution in [0.2, 0.25) is 0 Å². The van der Waals surface area contributed by atoms with Crippen LogP contribution in [0.4, 0.5) is 0 Å². The highest BCUT2D eigenvalue weighted by atomic mass is 16.5. The molecule has 0 spiro atoms. The van der Waals surface area contributed by atoms with Crippen molar-refractivity contribution in [2.45, 2.75) is 19.9 Å². The van der Waals surface area contributed by atoms with Crippen molar-refractivity contribution < 1.29 is 13.9 Å². The first-order valence-corrected chi connectivity index (χ1v) is 7.53. The van der Waals surface area contributed by atoms with E-state index in [0.29, 0.717) is 11.3 Å². The molecule has 4 nitrogen and oxygen atoms in total. The summed E-state index contributed by atoms with van der Waals surface area (Å²) in [5.74, 6) is 0.871. The van der Waals surface area contributed by atoms with Crippen LogP contribution in [0.1, 0.15) is 34.6 Å². The Kier molecular flexibility index (Phi) is 4.06. The second kappa shape index (κ2) is 6.16. The van der Waals surface area contributed by atoms with Gasteiger partial charge in [-0.2, -0.15) is 0 Å². The molecule has 0 saturated heterocycles. The van der Waals surface area contributed by atoms with E-state index in [4.69, 9.17) is 9.15 Å². The van der Waals surface area contributed by atoms with Gasteiger partial charge in [-0.15, -0.1) is 0 Å². The molecule has 0 fully saturated rings. The van der Waals surface area contributed by atoms with Crippen molar-refractivity contribution in [1.29, 1.82) is 0 Å². The van der Waals surface area contributed by atoms with Crippen molar-refractivity contribution in [1.82, 2.24) is 5.32 Å². The number of furan rings is 1. The fraction of sp³-hybridized carbons (Fsp3) is 0.211. The second-order valence-corrected chi connectivity index (χ2v) is 5.52. The minimum Gasteiger partial charge on any atom is -0.497 e. The zero-order valence-corrected chi connectivity index (χ0v) is 13.4. The normalized spacial score (nSPS) is 12.1. The lowest BCUT2D eigenvalue weighted by Gasteiger charge is -2.13. The zero-order valence-electron chi connectivity index (χ0n) is 13.4. The topological polar surface area (TPSA) is 51.5 Å². The van der Waals surface area contributed by atoms with E-state index in [1.165, 1.54) is 0 Å². The number of rotatable bonds is 4. The monoisotopic (exact) mass is 309 g/mol. The van der Waals surface area contributed by atoms with E-state index in [1.54, 1.807) is 7.11 Å². The van der Waals surface area contributed by atoms with Gasteiger partial charge in [0.05, 0.1) is 13.2 Å². The van der Waals surface area contributed by atoms with E-state index in [0.717, 1.165) is 22.3 Å². The lowest BCUT2D eigenvalue weighted by atomic mass is 10.1. The van der Waals surface area contributed by atoms with Crippen molar-refractivity contribution in [3.05, 3.63) is 65.4 Å². The summed E-state index contributed by atoms with van der Waals surface area (Å²) >= 11 is 0. The molecular weight excluding hydrogens is 290 g/mol. The Morgan fingerprint density at radius 3 is 2.61 bits per heavy atom. The molecule has 1 atom stereocenters. The van der Waals surface area contributed by atoms with Gasteiger partial charge in [-0.3, -0.25) is 4.79 Å². The van der Waals surface area contributed by atoms with Crippen LogP contribution in [-0.4, -0.2) is 13.0 Å². The molecule has 23 heavy (non-hydrogen) atoms. The number of nitrogens with one attached hydrogen (secondary N) is 1. The van der Waals surface area contributed by atoms with Crippen molar-refractivity contribution in [3.8, 4) is 5.75 Å². The minimum absolute atomic E-state index is 0.0918. The third-order valence-corrected chi connectivity index (χ3v) is 4.00. The average Bonchev–Trinajstić information content (AvgIpc) is 2.92. The molecule has 0 radical (unpaired) electrons. The van der Waals surface area contributed by atoms with E-state index in [9.17, 15) is 4.79 Å². The Balaban J connectivity index is 1.88. The summed E-state index contributed by atoms with van der Waals surface area (Å²) in [5, 5.41) is 3.87. The number of amides is 1. The van der Waals surface area contributed by atoms with Crippen LogP contribution >= 0.6 is 0 Å².